The summed E-state index contributed by atoms with van der Waals surface area (Å²) in [5.41, 5.74) is 3.04. The second-order valence-corrected chi connectivity index (χ2v) is 8.13. The highest BCUT2D eigenvalue weighted by molar-refractivity contribution is 5.90. The number of aromatic nitrogens is 3. The van der Waals surface area contributed by atoms with Gasteiger partial charge in [-0.15, -0.1) is 5.11 Å². The predicted octanol–water partition coefficient (Wildman–Crippen LogP) is 4.26. The molecule has 1 aliphatic rings. The molecule has 0 spiro atoms. The largest absolute Gasteiger partial charge is 0.378 e. The van der Waals surface area contributed by atoms with Crippen LogP contribution < -0.4 is 10.2 Å². The lowest BCUT2D eigenvalue weighted by molar-refractivity contribution is -0.116. The monoisotopic (exact) mass is 459 g/mol. The van der Waals surface area contributed by atoms with Crippen LogP contribution in [-0.2, 0) is 22.5 Å². The first-order valence-corrected chi connectivity index (χ1v) is 11.5. The van der Waals surface area contributed by atoms with Crippen molar-refractivity contribution in [1.29, 1.82) is 0 Å². The normalized spacial score (nSPS) is 13.9. The summed E-state index contributed by atoms with van der Waals surface area (Å²) in [7, 11) is 0. The highest BCUT2D eigenvalue weighted by Gasteiger charge is 2.15. The number of nitrogens with one attached hydrogen (secondary N) is 1. The lowest BCUT2D eigenvalue weighted by Gasteiger charge is -2.28. The molecule has 0 radical (unpaired) electrons. The fourth-order valence-corrected chi connectivity index (χ4v) is 3.65. The molecule has 176 valence electrons. The summed E-state index contributed by atoms with van der Waals surface area (Å²) >= 11 is 0. The van der Waals surface area contributed by atoms with Gasteiger partial charge in [0.05, 0.1) is 19.8 Å². The minimum absolute atomic E-state index is 0.0476. The second kappa shape index (κ2) is 11.9. The molecule has 3 heterocycles. The van der Waals surface area contributed by atoms with Gasteiger partial charge in [-0.05, 0) is 31.0 Å². The van der Waals surface area contributed by atoms with E-state index in [0.29, 0.717) is 50.7 Å². The van der Waals surface area contributed by atoms with E-state index in [2.05, 4.69) is 49.5 Å². The number of aryl methyl sites for hydroxylation is 2. The van der Waals surface area contributed by atoms with Crippen LogP contribution in [0, 0.1) is 6.92 Å². The molecule has 9 heteroatoms. The molecule has 0 atom stereocenters. The third-order valence-electron chi connectivity index (χ3n) is 5.36. The van der Waals surface area contributed by atoms with Crippen LogP contribution in [0.4, 0.5) is 17.3 Å². The molecular formula is C25H29N7O2. The van der Waals surface area contributed by atoms with Crippen LogP contribution in [0.3, 0.4) is 0 Å². The maximum absolute atomic E-state index is 12.3. The van der Waals surface area contributed by atoms with Crippen LogP contribution >= 0.6 is 0 Å². The minimum atomic E-state index is -0.0476. The summed E-state index contributed by atoms with van der Waals surface area (Å²) in [5.74, 6) is 1.96. The van der Waals surface area contributed by atoms with Gasteiger partial charge in [0.2, 0.25) is 5.91 Å². The number of carbonyl (C=O) groups excluding carboxylic acids is 1. The predicted molar refractivity (Wildman–Crippen MR) is 130 cm³/mol. The van der Waals surface area contributed by atoms with Crippen molar-refractivity contribution in [3.63, 3.8) is 0 Å². The molecule has 9 nitrogen and oxygen atoms in total. The summed E-state index contributed by atoms with van der Waals surface area (Å²) in [4.78, 5) is 27.7. The Bertz CT molecular complexity index is 1120. The molecule has 0 bridgehead atoms. The van der Waals surface area contributed by atoms with Crippen molar-refractivity contribution < 1.29 is 9.53 Å². The van der Waals surface area contributed by atoms with Crippen LogP contribution in [0.5, 0.6) is 0 Å². The smallest absolute Gasteiger partial charge is 0.224 e. The molecule has 1 amide bonds. The van der Waals surface area contributed by atoms with E-state index >= 15 is 0 Å². The number of hydrogen-bond donors (Lipinski definition) is 1. The van der Waals surface area contributed by atoms with Gasteiger partial charge in [-0.2, -0.15) is 5.11 Å². The van der Waals surface area contributed by atoms with Gasteiger partial charge in [0.25, 0.3) is 0 Å². The SMILES string of the molecule is Cc1cccc(CN=Nc2cc(N3CCOCC3)nc(CCCC(=O)Nc3ccncc3)n2)c1. The van der Waals surface area contributed by atoms with Crippen LogP contribution in [0.25, 0.3) is 0 Å². The van der Waals surface area contributed by atoms with E-state index < -0.39 is 0 Å². The average Bonchev–Trinajstić information content (AvgIpc) is 2.85. The Balaban J connectivity index is 1.41. The van der Waals surface area contributed by atoms with Crippen LogP contribution in [0.1, 0.15) is 29.8 Å². The topological polar surface area (TPSA) is 105 Å². The zero-order chi connectivity index (χ0) is 23.6. The number of nitrogens with zero attached hydrogens (tertiary/aromatic N) is 6. The van der Waals surface area contributed by atoms with E-state index in [1.807, 2.05) is 18.2 Å². The maximum atomic E-state index is 12.3. The minimum Gasteiger partial charge on any atom is -0.378 e. The Morgan fingerprint density at radius 1 is 1.12 bits per heavy atom. The van der Waals surface area contributed by atoms with E-state index in [1.54, 1.807) is 24.5 Å². The quantitative estimate of drug-likeness (QED) is 0.479. The highest BCUT2D eigenvalue weighted by atomic mass is 16.5. The van der Waals surface area contributed by atoms with Gasteiger partial charge >= 0.3 is 0 Å². The van der Waals surface area contributed by atoms with Crippen molar-refractivity contribution in [3.05, 3.63) is 71.8 Å². The fourth-order valence-electron chi connectivity index (χ4n) is 3.65. The highest BCUT2D eigenvalue weighted by Crippen LogP contribution is 2.21. The molecule has 1 N–H and O–H groups in total. The fraction of sp³-hybridized carbons (Fsp3) is 0.360. The zero-order valence-electron chi connectivity index (χ0n) is 19.4. The Morgan fingerprint density at radius 3 is 2.74 bits per heavy atom. The lowest BCUT2D eigenvalue weighted by atomic mass is 10.1. The van der Waals surface area contributed by atoms with E-state index in [0.717, 1.165) is 30.2 Å². The average molecular weight is 460 g/mol. The standard InChI is InChI=1S/C25H29N7O2/c1-19-4-2-5-20(16-19)18-27-31-23-17-24(32-12-14-34-15-13-32)30-22(29-23)6-3-7-25(33)28-21-8-10-26-11-9-21/h2,4-5,8-11,16-17H,3,6-7,12-15,18H2,1H3,(H,26,28,33). The first-order chi connectivity index (χ1) is 16.7. The molecule has 1 fully saturated rings. The molecule has 3 aromatic rings. The molecule has 2 aromatic heterocycles. The number of carbonyl (C=O) groups is 1. The molecule has 4 rings (SSSR count). The van der Waals surface area contributed by atoms with E-state index in [9.17, 15) is 4.79 Å². The van der Waals surface area contributed by atoms with E-state index in [-0.39, 0.29) is 5.91 Å². The maximum Gasteiger partial charge on any atom is 0.224 e. The lowest BCUT2D eigenvalue weighted by Crippen LogP contribution is -2.36. The van der Waals surface area contributed by atoms with Crippen molar-refractivity contribution in [2.75, 3.05) is 36.5 Å². The zero-order valence-corrected chi connectivity index (χ0v) is 19.4. The molecule has 0 unspecified atom stereocenters. The first-order valence-electron chi connectivity index (χ1n) is 11.5. The Hall–Kier alpha value is -3.72. The molecule has 1 aliphatic heterocycles. The number of anilines is 2. The summed E-state index contributed by atoms with van der Waals surface area (Å²) in [5, 5.41) is 11.6. The number of benzene rings is 1. The summed E-state index contributed by atoms with van der Waals surface area (Å²) in [6.45, 7) is 5.42. The van der Waals surface area contributed by atoms with Crippen LogP contribution in [0.2, 0.25) is 0 Å². The van der Waals surface area contributed by atoms with E-state index in [4.69, 9.17) is 9.72 Å². The van der Waals surface area contributed by atoms with Crippen molar-refractivity contribution in [2.45, 2.75) is 32.7 Å². The third kappa shape index (κ3) is 7.14. The van der Waals surface area contributed by atoms with Gasteiger partial charge in [0.15, 0.2) is 5.82 Å². The number of amides is 1. The summed E-state index contributed by atoms with van der Waals surface area (Å²) < 4.78 is 5.47. The number of morpholine rings is 1. The Labute approximate surface area is 199 Å². The summed E-state index contributed by atoms with van der Waals surface area (Å²) in [6.07, 6.45) is 4.87. The van der Waals surface area contributed by atoms with Gasteiger partial charge in [0, 0.05) is 50.1 Å². The Morgan fingerprint density at radius 2 is 1.94 bits per heavy atom. The van der Waals surface area contributed by atoms with Crippen LogP contribution in [-0.4, -0.2) is 47.2 Å². The molecule has 1 aromatic carbocycles. The summed E-state index contributed by atoms with van der Waals surface area (Å²) in [6, 6.07) is 13.6. The van der Waals surface area contributed by atoms with Gasteiger partial charge in [-0.1, -0.05) is 29.8 Å². The van der Waals surface area contributed by atoms with Crippen molar-refractivity contribution in [1.82, 2.24) is 15.0 Å². The second-order valence-electron chi connectivity index (χ2n) is 8.13. The third-order valence-corrected chi connectivity index (χ3v) is 5.36. The number of hydrogen-bond acceptors (Lipinski definition) is 8. The van der Waals surface area contributed by atoms with Gasteiger partial charge < -0.3 is 15.0 Å². The van der Waals surface area contributed by atoms with Crippen LogP contribution in [0.15, 0.2) is 65.1 Å². The van der Waals surface area contributed by atoms with Crippen molar-refractivity contribution >= 4 is 23.2 Å². The molecule has 0 aliphatic carbocycles. The van der Waals surface area contributed by atoms with Crippen molar-refractivity contribution in [2.24, 2.45) is 10.2 Å². The Kier molecular flexibility index (Phi) is 8.23. The van der Waals surface area contributed by atoms with Gasteiger partial charge in [0.1, 0.15) is 11.6 Å². The number of pyridine rings is 1. The van der Waals surface area contributed by atoms with Crippen molar-refractivity contribution in [3.8, 4) is 0 Å². The molecule has 0 saturated carbocycles. The van der Waals surface area contributed by atoms with Gasteiger partial charge in [-0.3, -0.25) is 9.78 Å². The molecule has 34 heavy (non-hydrogen) atoms. The molecule has 1 saturated heterocycles. The van der Waals surface area contributed by atoms with E-state index in [1.165, 1.54) is 5.56 Å². The molecular weight excluding hydrogens is 430 g/mol. The number of rotatable bonds is 9. The van der Waals surface area contributed by atoms with Gasteiger partial charge in [-0.25, -0.2) is 9.97 Å². The first kappa shape index (κ1) is 23.4. The number of azo groups is 1. The number of ether oxygens (including phenoxy) is 1.